The summed E-state index contributed by atoms with van der Waals surface area (Å²) >= 11 is 0. The number of benzene rings is 2. The number of alkyl halides is 3. The van der Waals surface area contributed by atoms with E-state index in [-0.39, 0.29) is 17.0 Å². The van der Waals surface area contributed by atoms with Crippen LogP contribution in [0.15, 0.2) is 47.3 Å². The number of aliphatic carboxylic acids is 1. The van der Waals surface area contributed by atoms with E-state index >= 15 is 0 Å². The Labute approximate surface area is 221 Å². The van der Waals surface area contributed by atoms with Gasteiger partial charge in [-0.2, -0.15) is 18.3 Å². The highest BCUT2D eigenvalue weighted by Gasteiger charge is 2.38. The van der Waals surface area contributed by atoms with E-state index < -0.39 is 18.0 Å². The van der Waals surface area contributed by atoms with Crippen molar-refractivity contribution in [3.63, 3.8) is 0 Å². The average Bonchev–Trinajstić information content (AvgIpc) is 3.60. The van der Waals surface area contributed by atoms with Crippen LogP contribution in [0.2, 0.25) is 0 Å². The molecule has 1 amide bonds. The molecular weight excluding hydrogens is 520 g/mol. The van der Waals surface area contributed by atoms with Crippen LogP contribution >= 0.6 is 0 Å². The van der Waals surface area contributed by atoms with Gasteiger partial charge in [0, 0.05) is 44.5 Å². The largest absolute Gasteiger partial charge is 0.490 e. The number of carbonyl (C=O) groups excluding carboxylic acids is 1. The Morgan fingerprint density at radius 1 is 1.08 bits per heavy atom. The Bertz CT molecular complexity index is 1420. The number of carbonyl (C=O) groups is 2. The summed E-state index contributed by atoms with van der Waals surface area (Å²) in [7, 11) is 0. The van der Waals surface area contributed by atoms with Crippen LogP contribution in [0.5, 0.6) is 0 Å². The van der Waals surface area contributed by atoms with E-state index in [1.807, 2.05) is 12.1 Å². The molecule has 208 valence electrons. The van der Waals surface area contributed by atoms with Crippen LogP contribution in [0.3, 0.4) is 0 Å². The van der Waals surface area contributed by atoms with Gasteiger partial charge < -0.3 is 10.0 Å². The number of carboxylic acid groups (broad SMARTS) is 1. The molecule has 5 rings (SSSR count). The summed E-state index contributed by atoms with van der Waals surface area (Å²) in [6.07, 6.45) is -3.39. The minimum atomic E-state index is -5.08. The molecule has 12 heteroatoms. The Kier molecular flexibility index (Phi) is 8.34. The maximum atomic E-state index is 14.6. The second kappa shape index (κ2) is 11.5. The number of H-pyrrole nitrogens is 1. The first-order valence-electron chi connectivity index (χ1n) is 12.5. The van der Waals surface area contributed by atoms with Crippen molar-refractivity contribution in [1.29, 1.82) is 0 Å². The van der Waals surface area contributed by atoms with E-state index in [1.165, 1.54) is 12.5 Å². The predicted molar refractivity (Wildman–Crippen MR) is 135 cm³/mol. The molecule has 1 aromatic heterocycles. The Balaban J connectivity index is 0.000000448. The number of carboxylic acids is 1. The molecule has 1 saturated heterocycles. The molecule has 1 saturated carbocycles. The monoisotopic (exact) mass is 548 g/mol. The van der Waals surface area contributed by atoms with Gasteiger partial charge in [-0.25, -0.2) is 14.3 Å². The quantitative estimate of drug-likeness (QED) is 0.471. The average molecular weight is 549 g/mol. The maximum Gasteiger partial charge on any atom is 0.490 e. The molecule has 2 fully saturated rings. The lowest BCUT2D eigenvalue weighted by Crippen LogP contribution is -2.49. The first-order valence-corrected chi connectivity index (χ1v) is 12.5. The van der Waals surface area contributed by atoms with Gasteiger partial charge in [-0.3, -0.25) is 14.5 Å². The van der Waals surface area contributed by atoms with Crippen LogP contribution in [-0.2, 0) is 11.2 Å². The summed E-state index contributed by atoms with van der Waals surface area (Å²) in [4.78, 5) is 38.2. The minimum Gasteiger partial charge on any atom is -0.475 e. The second-order valence-electron chi connectivity index (χ2n) is 9.90. The number of hydrogen-bond donors (Lipinski definition) is 2. The number of halogens is 4. The zero-order chi connectivity index (χ0) is 28.3. The molecule has 1 aliphatic heterocycles. The molecule has 2 aromatic carbocycles. The zero-order valence-electron chi connectivity index (χ0n) is 21.2. The van der Waals surface area contributed by atoms with Gasteiger partial charge in [-0.15, -0.1) is 0 Å². The van der Waals surface area contributed by atoms with Crippen LogP contribution in [0.25, 0.3) is 10.8 Å². The fraction of sp³-hybridized carbons (Fsp3) is 0.407. The fourth-order valence-corrected chi connectivity index (χ4v) is 4.63. The lowest BCUT2D eigenvalue weighted by Gasteiger charge is -2.35. The van der Waals surface area contributed by atoms with E-state index in [2.05, 4.69) is 22.0 Å². The molecule has 3 aromatic rings. The van der Waals surface area contributed by atoms with Crippen molar-refractivity contribution < 1.29 is 32.3 Å². The third-order valence-corrected chi connectivity index (χ3v) is 7.08. The van der Waals surface area contributed by atoms with Crippen molar-refractivity contribution in [3.8, 4) is 0 Å². The number of piperazine rings is 1. The number of aromatic nitrogens is 2. The molecule has 2 N–H and O–H groups in total. The molecule has 0 radical (unpaired) electrons. The number of amides is 1. The lowest BCUT2D eigenvalue weighted by molar-refractivity contribution is -0.192. The van der Waals surface area contributed by atoms with E-state index in [0.717, 1.165) is 42.4 Å². The second-order valence-corrected chi connectivity index (χ2v) is 9.90. The molecule has 2 heterocycles. The van der Waals surface area contributed by atoms with E-state index in [0.29, 0.717) is 30.6 Å². The molecule has 0 spiro atoms. The van der Waals surface area contributed by atoms with Gasteiger partial charge in [0.15, 0.2) is 0 Å². The van der Waals surface area contributed by atoms with Crippen molar-refractivity contribution in [2.24, 2.45) is 11.8 Å². The standard InChI is InChI=1S/C25H27FN4O2.C2HF3O2/c1-16-12-18(16)15-29-8-10-30(11-9-29)25(32)21-13-17(6-7-22(21)26)14-23-19-4-2-3-5-20(19)24(31)28-27-23;3-2(4,5)1(6)7/h2-7,13,16,18H,8-12,14-15H2,1H3,(H,28,31);(H,6,7). The topological polar surface area (TPSA) is 107 Å². The Morgan fingerprint density at radius 3 is 2.28 bits per heavy atom. The summed E-state index contributed by atoms with van der Waals surface area (Å²) in [5, 5.41) is 15.2. The smallest absolute Gasteiger partial charge is 0.475 e. The SMILES string of the molecule is CC1CC1CN1CCN(C(=O)c2cc(Cc3n[nH]c(=O)c4ccccc34)ccc2F)CC1.O=C(O)C(F)(F)F. The first kappa shape index (κ1) is 28.2. The van der Waals surface area contributed by atoms with Crippen molar-refractivity contribution in [1.82, 2.24) is 20.0 Å². The van der Waals surface area contributed by atoms with Crippen LogP contribution in [0, 0.1) is 17.7 Å². The fourth-order valence-electron chi connectivity index (χ4n) is 4.63. The molecular formula is C27H28F4N4O4. The normalized spacial score (nSPS) is 19.4. The highest BCUT2D eigenvalue weighted by molar-refractivity contribution is 5.95. The zero-order valence-corrected chi connectivity index (χ0v) is 21.2. The number of nitrogens with zero attached hydrogens (tertiary/aromatic N) is 3. The van der Waals surface area contributed by atoms with E-state index in [1.54, 1.807) is 29.2 Å². The molecule has 2 aliphatic rings. The van der Waals surface area contributed by atoms with Gasteiger partial charge in [-0.05, 0) is 42.0 Å². The first-order chi connectivity index (χ1) is 18.4. The van der Waals surface area contributed by atoms with Crippen LogP contribution in [-0.4, -0.2) is 75.9 Å². The maximum absolute atomic E-state index is 14.6. The molecule has 8 nitrogen and oxygen atoms in total. The van der Waals surface area contributed by atoms with Gasteiger partial charge in [-0.1, -0.05) is 31.2 Å². The minimum absolute atomic E-state index is 0.0977. The third-order valence-electron chi connectivity index (χ3n) is 7.08. The number of fused-ring (bicyclic) bond motifs is 1. The molecule has 2 atom stereocenters. The molecule has 2 unspecified atom stereocenters. The summed E-state index contributed by atoms with van der Waals surface area (Å²) in [6, 6.07) is 11.9. The molecule has 0 bridgehead atoms. The van der Waals surface area contributed by atoms with Crippen LogP contribution in [0.1, 0.15) is 35.0 Å². The Hall–Kier alpha value is -3.80. The van der Waals surface area contributed by atoms with Crippen molar-refractivity contribution in [2.75, 3.05) is 32.7 Å². The van der Waals surface area contributed by atoms with Gasteiger partial charge in [0.2, 0.25) is 0 Å². The van der Waals surface area contributed by atoms with E-state index in [4.69, 9.17) is 9.90 Å². The van der Waals surface area contributed by atoms with Gasteiger partial charge >= 0.3 is 12.1 Å². The lowest BCUT2D eigenvalue weighted by atomic mass is 10.0. The summed E-state index contributed by atoms with van der Waals surface area (Å²) in [5.41, 5.74) is 1.32. The van der Waals surface area contributed by atoms with Crippen molar-refractivity contribution in [2.45, 2.75) is 25.9 Å². The summed E-state index contributed by atoms with van der Waals surface area (Å²) in [6.45, 7) is 6.30. The summed E-state index contributed by atoms with van der Waals surface area (Å²) in [5.74, 6) is -1.91. The predicted octanol–water partition coefficient (Wildman–Crippen LogP) is 3.70. The van der Waals surface area contributed by atoms with Crippen molar-refractivity contribution in [3.05, 3.63) is 75.5 Å². The van der Waals surface area contributed by atoms with Gasteiger partial charge in [0.05, 0.1) is 16.6 Å². The number of hydrogen-bond acceptors (Lipinski definition) is 5. The van der Waals surface area contributed by atoms with Crippen molar-refractivity contribution >= 4 is 22.6 Å². The number of nitrogens with one attached hydrogen (secondary N) is 1. The highest BCUT2D eigenvalue weighted by Crippen LogP contribution is 2.38. The third kappa shape index (κ3) is 6.99. The molecule has 39 heavy (non-hydrogen) atoms. The van der Waals surface area contributed by atoms with Crippen LogP contribution in [0.4, 0.5) is 17.6 Å². The number of aromatic amines is 1. The summed E-state index contributed by atoms with van der Waals surface area (Å²) < 4.78 is 46.3. The van der Waals surface area contributed by atoms with Crippen LogP contribution < -0.4 is 5.56 Å². The van der Waals surface area contributed by atoms with Gasteiger partial charge in [0.25, 0.3) is 11.5 Å². The number of rotatable bonds is 5. The van der Waals surface area contributed by atoms with E-state index in [9.17, 15) is 27.2 Å². The van der Waals surface area contributed by atoms with Gasteiger partial charge in [0.1, 0.15) is 5.82 Å². The Morgan fingerprint density at radius 2 is 1.69 bits per heavy atom. The molecule has 1 aliphatic carbocycles. The highest BCUT2D eigenvalue weighted by atomic mass is 19.4.